The lowest BCUT2D eigenvalue weighted by Gasteiger charge is -2.25. The maximum absolute atomic E-state index is 10.2. The van der Waals surface area contributed by atoms with E-state index in [4.69, 9.17) is 14.7 Å². The molecule has 4 heteroatoms. The maximum atomic E-state index is 10.2. The lowest BCUT2D eigenvalue weighted by molar-refractivity contribution is 0.0841. The molecule has 1 aromatic carbocycles. The minimum absolute atomic E-state index is 0.514. The number of ether oxygens (including phenoxy) is 2. The SMILES string of the molecule is COc1ccc(C(O)C(C)(C)C#N)c(OC)c1. The van der Waals surface area contributed by atoms with E-state index in [9.17, 15) is 5.11 Å². The first-order chi connectivity index (χ1) is 7.96. The molecular weight excluding hydrogens is 218 g/mol. The average molecular weight is 235 g/mol. The normalized spacial score (nSPS) is 12.7. The number of nitrogens with zero attached hydrogens (tertiary/aromatic N) is 1. The van der Waals surface area contributed by atoms with Gasteiger partial charge in [-0.2, -0.15) is 5.26 Å². The molecule has 1 atom stereocenters. The summed E-state index contributed by atoms with van der Waals surface area (Å²) in [5, 5.41) is 19.2. The van der Waals surface area contributed by atoms with Gasteiger partial charge in [0.15, 0.2) is 0 Å². The lowest BCUT2D eigenvalue weighted by atomic mass is 9.84. The van der Waals surface area contributed by atoms with Crippen LogP contribution in [0.15, 0.2) is 18.2 Å². The number of aliphatic hydroxyl groups excluding tert-OH is 1. The van der Waals surface area contributed by atoms with Crippen LogP contribution in [-0.4, -0.2) is 19.3 Å². The van der Waals surface area contributed by atoms with E-state index in [0.717, 1.165) is 0 Å². The summed E-state index contributed by atoms with van der Waals surface area (Å²) in [6.07, 6.45) is -0.909. The Labute approximate surface area is 101 Å². The monoisotopic (exact) mass is 235 g/mol. The molecule has 0 aromatic heterocycles. The van der Waals surface area contributed by atoms with Crippen LogP contribution >= 0.6 is 0 Å². The first-order valence-corrected chi connectivity index (χ1v) is 5.27. The van der Waals surface area contributed by atoms with Gasteiger partial charge in [-0.15, -0.1) is 0 Å². The Morgan fingerprint density at radius 3 is 2.41 bits per heavy atom. The topological polar surface area (TPSA) is 62.5 Å². The van der Waals surface area contributed by atoms with Crippen LogP contribution in [0.25, 0.3) is 0 Å². The van der Waals surface area contributed by atoms with Gasteiger partial charge in [0.05, 0.1) is 25.7 Å². The minimum Gasteiger partial charge on any atom is -0.497 e. The standard InChI is InChI=1S/C13H17NO3/c1-13(2,8-14)12(15)10-6-5-9(16-3)7-11(10)17-4/h5-7,12,15H,1-4H3. The Morgan fingerprint density at radius 1 is 1.29 bits per heavy atom. The van der Waals surface area contributed by atoms with Crippen LogP contribution in [0, 0.1) is 16.7 Å². The molecule has 0 heterocycles. The largest absolute Gasteiger partial charge is 0.497 e. The van der Waals surface area contributed by atoms with Gasteiger partial charge in [-0.05, 0) is 26.0 Å². The predicted molar refractivity (Wildman–Crippen MR) is 63.9 cm³/mol. The molecule has 0 saturated heterocycles. The maximum Gasteiger partial charge on any atom is 0.128 e. The minimum atomic E-state index is -0.909. The quantitative estimate of drug-likeness (QED) is 0.869. The van der Waals surface area contributed by atoms with E-state index >= 15 is 0 Å². The van der Waals surface area contributed by atoms with Gasteiger partial charge in [-0.25, -0.2) is 0 Å². The smallest absolute Gasteiger partial charge is 0.128 e. The van der Waals surface area contributed by atoms with Gasteiger partial charge < -0.3 is 14.6 Å². The summed E-state index contributed by atoms with van der Waals surface area (Å²) in [6.45, 7) is 3.36. The second-order valence-electron chi connectivity index (χ2n) is 4.34. The number of rotatable bonds is 4. The van der Waals surface area contributed by atoms with Crippen LogP contribution in [0.5, 0.6) is 11.5 Å². The number of nitriles is 1. The van der Waals surface area contributed by atoms with Crippen LogP contribution in [-0.2, 0) is 0 Å². The van der Waals surface area contributed by atoms with E-state index in [2.05, 4.69) is 6.07 Å². The highest BCUT2D eigenvalue weighted by molar-refractivity contribution is 5.43. The Bertz CT molecular complexity index is 435. The third-order valence-corrected chi connectivity index (χ3v) is 2.71. The van der Waals surface area contributed by atoms with E-state index in [1.165, 1.54) is 7.11 Å². The van der Waals surface area contributed by atoms with Gasteiger partial charge in [0.1, 0.15) is 17.6 Å². The molecule has 1 unspecified atom stereocenters. The van der Waals surface area contributed by atoms with Crippen LogP contribution in [0.3, 0.4) is 0 Å². The third-order valence-electron chi connectivity index (χ3n) is 2.71. The van der Waals surface area contributed by atoms with Crippen molar-refractivity contribution < 1.29 is 14.6 Å². The Hall–Kier alpha value is -1.73. The molecular formula is C13H17NO3. The van der Waals surface area contributed by atoms with Crippen molar-refractivity contribution in [3.05, 3.63) is 23.8 Å². The Morgan fingerprint density at radius 2 is 1.94 bits per heavy atom. The summed E-state index contributed by atoms with van der Waals surface area (Å²) < 4.78 is 10.3. The fraction of sp³-hybridized carbons (Fsp3) is 0.462. The predicted octanol–water partition coefficient (Wildman–Crippen LogP) is 2.29. The van der Waals surface area contributed by atoms with E-state index in [0.29, 0.717) is 17.1 Å². The van der Waals surface area contributed by atoms with Gasteiger partial charge in [0.25, 0.3) is 0 Å². The second kappa shape index (κ2) is 5.07. The molecule has 0 spiro atoms. The third kappa shape index (κ3) is 2.69. The summed E-state index contributed by atoms with van der Waals surface area (Å²) >= 11 is 0. The van der Waals surface area contributed by atoms with Crippen LogP contribution in [0.2, 0.25) is 0 Å². The van der Waals surface area contributed by atoms with Crippen molar-refractivity contribution in [1.29, 1.82) is 5.26 Å². The fourth-order valence-electron chi connectivity index (χ4n) is 1.49. The summed E-state index contributed by atoms with van der Waals surface area (Å²) in [5.74, 6) is 1.16. The number of aliphatic hydroxyl groups is 1. The summed E-state index contributed by atoms with van der Waals surface area (Å²) in [7, 11) is 3.08. The van der Waals surface area contributed by atoms with Gasteiger partial charge in [0, 0.05) is 11.6 Å². The van der Waals surface area contributed by atoms with E-state index in [1.54, 1.807) is 39.2 Å². The zero-order valence-corrected chi connectivity index (χ0v) is 10.5. The number of benzene rings is 1. The van der Waals surface area contributed by atoms with E-state index in [1.807, 2.05) is 0 Å². The molecule has 0 radical (unpaired) electrons. The van der Waals surface area contributed by atoms with Gasteiger partial charge >= 0.3 is 0 Å². The van der Waals surface area contributed by atoms with Gasteiger partial charge in [0.2, 0.25) is 0 Å². The summed E-state index contributed by atoms with van der Waals surface area (Å²) in [4.78, 5) is 0. The van der Waals surface area contributed by atoms with E-state index < -0.39 is 11.5 Å². The molecule has 17 heavy (non-hydrogen) atoms. The second-order valence-corrected chi connectivity index (χ2v) is 4.34. The molecule has 0 bridgehead atoms. The van der Waals surface area contributed by atoms with Crippen LogP contribution in [0.4, 0.5) is 0 Å². The Balaban J connectivity index is 3.19. The number of hydrogen-bond donors (Lipinski definition) is 1. The molecule has 0 saturated carbocycles. The van der Waals surface area contributed by atoms with Crippen molar-refractivity contribution >= 4 is 0 Å². The van der Waals surface area contributed by atoms with Gasteiger partial charge in [-0.3, -0.25) is 0 Å². The molecule has 1 rings (SSSR count). The highest BCUT2D eigenvalue weighted by Gasteiger charge is 2.31. The Kier molecular flexibility index (Phi) is 3.97. The van der Waals surface area contributed by atoms with Crippen molar-refractivity contribution in [1.82, 2.24) is 0 Å². The zero-order chi connectivity index (χ0) is 13.1. The molecule has 92 valence electrons. The zero-order valence-electron chi connectivity index (χ0n) is 10.5. The lowest BCUT2D eigenvalue weighted by Crippen LogP contribution is -2.20. The van der Waals surface area contributed by atoms with Crippen molar-refractivity contribution in [3.8, 4) is 17.6 Å². The molecule has 1 aromatic rings. The molecule has 0 aliphatic carbocycles. The molecule has 0 fully saturated rings. The fourth-order valence-corrected chi connectivity index (χ4v) is 1.49. The van der Waals surface area contributed by atoms with Crippen molar-refractivity contribution in [2.24, 2.45) is 5.41 Å². The van der Waals surface area contributed by atoms with Gasteiger partial charge in [-0.1, -0.05) is 0 Å². The van der Waals surface area contributed by atoms with Crippen molar-refractivity contribution in [3.63, 3.8) is 0 Å². The number of hydrogen-bond acceptors (Lipinski definition) is 4. The highest BCUT2D eigenvalue weighted by Crippen LogP contribution is 2.38. The summed E-state index contributed by atoms with van der Waals surface area (Å²) in [5.41, 5.74) is -0.290. The first-order valence-electron chi connectivity index (χ1n) is 5.27. The average Bonchev–Trinajstić information content (AvgIpc) is 2.36. The molecule has 0 aliphatic rings. The van der Waals surface area contributed by atoms with Crippen LogP contribution < -0.4 is 9.47 Å². The number of methoxy groups -OCH3 is 2. The molecule has 4 nitrogen and oxygen atoms in total. The first kappa shape index (κ1) is 13.3. The molecule has 0 amide bonds. The van der Waals surface area contributed by atoms with Crippen LogP contribution in [0.1, 0.15) is 25.5 Å². The molecule has 0 aliphatic heterocycles. The summed E-state index contributed by atoms with van der Waals surface area (Å²) in [6, 6.07) is 7.21. The molecule has 1 N–H and O–H groups in total. The van der Waals surface area contributed by atoms with E-state index in [-0.39, 0.29) is 0 Å². The highest BCUT2D eigenvalue weighted by atomic mass is 16.5. The van der Waals surface area contributed by atoms with Crippen molar-refractivity contribution in [2.75, 3.05) is 14.2 Å². The van der Waals surface area contributed by atoms with Crippen molar-refractivity contribution in [2.45, 2.75) is 20.0 Å².